The van der Waals surface area contributed by atoms with Crippen LogP contribution in [0.25, 0.3) is 10.4 Å². The van der Waals surface area contributed by atoms with Gasteiger partial charge in [-0.1, -0.05) is 53.0 Å². The molecule has 0 radical (unpaired) electrons. The number of benzene rings is 1. The predicted octanol–water partition coefficient (Wildman–Crippen LogP) is 6.40. The molecule has 0 aliphatic heterocycles. The molecule has 1 N–H and O–H groups in total. The van der Waals surface area contributed by atoms with Crippen molar-refractivity contribution in [3.8, 4) is 10.4 Å². The Labute approximate surface area is 142 Å². The van der Waals surface area contributed by atoms with E-state index in [4.69, 9.17) is 23.2 Å². The topological polar surface area (TPSA) is 12.0 Å². The summed E-state index contributed by atoms with van der Waals surface area (Å²) in [4.78, 5) is 2.40. The predicted molar refractivity (Wildman–Crippen MR) is 94.1 cm³/mol. The van der Waals surface area contributed by atoms with E-state index in [0.29, 0.717) is 22.0 Å². The van der Waals surface area contributed by atoms with Crippen LogP contribution in [-0.2, 0) is 0 Å². The third-order valence-electron chi connectivity index (χ3n) is 3.16. The molecule has 1 unspecified atom stereocenters. The summed E-state index contributed by atoms with van der Waals surface area (Å²) in [6, 6.07) is 8.34. The maximum Gasteiger partial charge on any atom is 0.0518 e. The summed E-state index contributed by atoms with van der Waals surface area (Å²) < 4.78 is 0.892. The van der Waals surface area contributed by atoms with Crippen LogP contribution < -0.4 is 5.32 Å². The largest absolute Gasteiger partial charge is 0.312 e. The van der Waals surface area contributed by atoms with E-state index in [9.17, 15) is 0 Å². The molecule has 0 aliphatic rings. The van der Waals surface area contributed by atoms with Crippen molar-refractivity contribution in [1.29, 1.82) is 0 Å². The van der Waals surface area contributed by atoms with E-state index in [2.05, 4.69) is 47.2 Å². The van der Waals surface area contributed by atoms with Crippen LogP contribution in [0.1, 0.15) is 24.8 Å². The molecule has 108 valence electrons. The molecular weight excluding hydrogens is 377 g/mol. The third kappa shape index (κ3) is 3.40. The smallest absolute Gasteiger partial charge is 0.0518 e. The van der Waals surface area contributed by atoms with E-state index in [0.717, 1.165) is 14.9 Å². The number of rotatable bonds is 4. The van der Waals surface area contributed by atoms with Gasteiger partial charge in [0.05, 0.1) is 10.0 Å². The molecule has 1 atom stereocenters. The van der Waals surface area contributed by atoms with Gasteiger partial charge in [-0.2, -0.15) is 0 Å². The first-order valence-electron chi connectivity index (χ1n) is 6.36. The van der Waals surface area contributed by atoms with Gasteiger partial charge in [-0.05, 0) is 37.2 Å². The highest BCUT2D eigenvalue weighted by molar-refractivity contribution is 9.10. The lowest BCUT2D eigenvalue weighted by molar-refractivity contribution is 0.449. The second-order valence-electron chi connectivity index (χ2n) is 4.96. The maximum absolute atomic E-state index is 6.33. The molecule has 1 heterocycles. The SMILES string of the molecule is CNC(c1ccc(-c2c(Cl)cc(Br)cc2Cl)s1)C(C)C. The van der Waals surface area contributed by atoms with Gasteiger partial charge in [0.25, 0.3) is 0 Å². The molecule has 0 aliphatic carbocycles. The Hall–Kier alpha value is -0.0600. The molecule has 0 fully saturated rings. The molecule has 2 rings (SSSR count). The minimum absolute atomic E-state index is 0.349. The number of thiophene rings is 1. The second kappa shape index (κ2) is 6.80. The van der Waals surface area contributed by atoms with Crippen molar-refractivity contribution < 1.29 is 0 Å². The highest BCUT2D eigenvalue weighted by atomic mass is 79.9. The zero-order valence-corrected chi connectivity index (χ0v) is 15.4. The van der Waals surface area contributed by atoms with Gasteiger partial charge in [0.2, 0.25) is 0 Å². The van der Waals surface area contributed by atoms with E-state index in [-0.39, 0.29) is 0 Å². The van der Waals surface area contributed by atoms with Crippen LogP contribution in [0.15, 0.2) is 28.7 Å². The second-order valence-corrected chi connectivity index (χ2v) is 7.80. The fourth-order valence-corrected chi connectivity index (χ4v) is 5.13. The van der Waals surface area contributed by atoms with Crippen molar-refractivity contribution in [2.75, 3.05) is 7.05 Å². The minimum Gasteiger partial charge on any atom is -0.312 e. The number of hydrogen-bond acceptors (Lipinski definition) is 2. The Balaban J connectivity index is 2.43. The molecule has 1 nitrogen and oxygen atoms in total. The van der Waals surface area contributed by atoms with E-state index in [1.165, 1.54) is 4.88 Å². The summed E-state index contributed by atoms with van der Waals surface area (Å²) in [7, 11) is 1.99. The maximum atomic E-state index is 6.33. The lowest BCUT2D eigenvalue weighted by Gasteiger charge is -2.18. The first-order valence-corrected chi connectivity index (χ1v) is 8.72. The van der Waals surface area contributed by atoms with Crippen LogP contribution in [0, 0.1) is 5.92 Å². The van der Waals surface area contributed by atoms with Crippen LogP contribution in [0.5, 0.6) is 0 Å². The standard InChI is InChI=1S/C15H16BrCl2NS/c1-8(2)15(19-3)13-5-4-12(20-13)14-10(17)6-9(16)7-11(14)18/h4-8,15,19H,1-3H3. The van der Waals surface area contributed by atoms with Gasteiger partial charge in [0.15, 0.2) is 0 Å². The van der Waals surface area contributed by atoms with Crippen molar-refractivity contribution in [1.82, 2.24) is 5.32 Å². The van der Waals surface area contributed by atoms with E-state index in [1.807, 2.05) is 19.2 Å². The van der Waals surface area contributed by atoms with Gasteiger partial charge in [-0.3, -0.25) is 0 Å². The first kappa shape index (κ1) is 16.3. The van der Waals surface area contributed by atoms with Crippen LogP contribution in [0.2, 0.25) is 10.0 Å². The van der Waals surface area contributed by atoms with E-state index >= 15 is 0 Å². The molecule has 0 saturated carbocycles. The molecule has 0 spiro atoms. The highest BCUT2D eigenvalue weighted by Gasteiger charge is 2.18. The van der Waals surface area contributed by atoms with E-state index in [1.54, 1.807) is 11.3 Å². The Kier molecular flexibility index (Phi) is 5.55. The minimum atomic E-state index is 0.349. The first-order chi connectivity index (χ1) is 9.43. The number of halogens is 3. The molecule has 1 aromatic heterocycles. The Morgan fingerprint density at radius 2 is 1.75 bits per heavy atom. The van der Waals surface area contributed by atoms with Gasteiger partial charge in [0.1, 0.15) is 0 Å². The van der Waals surface area contributed by atoms with E-state index < -0.39 is 0 Å². The zero-order valence-electron chi connectivity index (χ0n) is 11.5. The van der Waals surface area contributed by atoms with Gasteiger partial charge in [-0.25, -0.2) is 0 Å². The average Bonchev–Trinajstić information content (AvgIpc) is 2.77. The van der Waals surface area contributed by atoms with Crippen LogP contribution in [-0.4, -0.2) is 7.05 Å². The molecule has 1 aromatic carbocycles. The molecule has 0 bridgehead atoms. The van der Waals surface area contributed by atoms with Crippen molar-refractivity contribution in [2.24, 2.45) is 5.92 Å². The quantitative estimate of drug-likeness (QED) is 0.634. The summed E-state index contributed by atoms with van der Waals surface area (Å²) >= 11 is 17.8. The lowest BCUT2D eigenvalue weighted by atomic mass is 10.0. The van der Waals surface area contributed by atoms with Gasteiger partial charge in [0, 0.05) is 25.8 Å². The molecular formula is C15H16BrCl2NS. The van der Waals surface area contributed by atoms with Crippen LogP contribution in [0.3, 0.4) is 0 Å². The third-order valence-corrected chi connectivity index (χ3v) is 5.40. The van der Waals surface area contributed by atoms with Crippen molar-refractivity contribution in [3.63, 3.8) is 0 Å². The Bertz CT molecular complexity index is 587. The molecule has 0 amide bonds. The Morgan fingerprint density at radius 3 is 2.25 bits per heavy atom. The number of nitrogens with one attached hydrogen (secondary N) is 1. The Morgan fingerprint density at radius 1 is 1.15 bits per heavy atom. The molecule has 2 aromatic rings. The fraction of sp³-hybridized carbons (Fsp3) is 0.333. The molecule has 5 heteroatoms. The van der Waals surface area contributed by atoms with Crippen molar-refractivity contribution in [3.05, 3.63) is 43.7 Å². The summed E-state index contributed by atoms with van der Waals surface area (Å²) in [5, 5.41) is 4.70. The van der Waals surface area contributed by atoms with Crippen molar-refractivity contribution >= 4 is 50.5 Å². The fourth-order valence-electron chi connectivity index (χ4n) is 2.24. The summed E-state index contributed by atoms with van der Waals surface area (Å²) in [6.07, 6.45) is 0. The van der Waals surface area contributed by atoms with Gasteiger partial charge in [-0.15, -0.1) is 11.3 Å². The number of hydrogen-bond donors (Lipinski definition) is 1. The van der Waals surface area contributed by atoms with Crippen LogP contribution >= 0.6 is 50.5 Å². The van der Waals surface area contributed by atoms with Crippen molar-refractivity contribution in [2.45, 2.75) is 19.9 Å². The van der Waals surface area contributed by atoms with Gasteiger partial charge < -0.3 is 5.32 Å². The zero-order chi connectivity index (χ0) is 14.9. The monoisotopic (exact) mass is 391 g/mol. The van der Waals surface area contributed by atoms with Gasteiger partial charge >= 0.3 is 0 Å². The normalized spacial score (nSPS) is 12.9. The summed E-state index contributed by atoms with van der Waals surface area (Å²) in [5.74, 6) is 0.530. The molecule has 0 saturated heterocycles. The highest BCUT2D eigenvalue weighted by Crippen LogP contribution is 2.42. The summed E-state index contributed by atoms with van der Waals surface area (Å²) in [5.41, 5.74) is 0.909. The molecule has 20 heavy (non-hydrogen) atoms. The average molecular weight is 393 g/mol. The lowest BCUT2D eigenvalue weighted by Crippen LogP contribution is -2.20. The summed E-state index contributed by atoms with van der Waals surface area (Å²) in [6.45, 7) is 4.42. The van der Waals surface area contributed by atoms with Crippen LogP contribution in [0.4, 0.5) is 0 Å².